The van der Waals surface area contributed by atoms with Gasteiger partial charge in [0.25, 0.3) is 0 Å². The maximum absolute atomic E-state index is 3.48. The van der Waals surface area contributed by atoms with Crippen molar-refractivity contribution in [3.8, 4) is 11.1 Å². The fourth-order valence-electron chi connectivity index (χ4n) is 2.17. The lowest BCUT2D eigenvalue weighted by Gasteiger charge is -2.11. The van der Waals surface area contributed by atoms with E-state index in [-0.39, 0.29) is 0 Å². The molecule has 1 aromatic heterocycles. The third kappa shape index (κ3) is 2.68. The molecule has 2 nitrogen and oxygen atoms in total. The maximum atomic E-state index is 3.48. The molecule has 0 radical (unpaired) electrons. The fraction of sp³-hybridized carbons (Fsp3) is 0.0588. The first-order valence-electron chi connectivity index (χ1n) is 6.44. The highest BCUT2D eigenvalue weighted by molar-refractivity contribution is 5.77. The Morgan fingerprint density at radius 3 is 2.37 bits per heavy atom. The smallest absolute Gasteiger partial charge is 0.0551 e. The number of aromatic amines is 1. The Labute approximate surface area is 113 Å². The molecule has 0 saturated carbocycles. The third-order valence-electron chi connectivity index (χ3n) is 3.14. The van der Waals surface area contributed by atoms with Crippen LogP contribution in [0.5, 0.6) is 0 Å². The molecule has 19 heavy (non-hydrogen) atoms. The van der Waals surface area contributed by atoms with Crippen molar-refractivity contribution in [2.24, 2.45) is 0 Å². The Bertz CT molecular complexity index is 627. The van der Waals surface area contributed by atoms with Crippen LogP contribution in [0.15, 0.2) is 72.9 Å². The van der Waals surface area contributed by atoms with Gasteiger partial charge >= 0.3 is 0 Å². The number of aromatic nitrogens is 1. The highest BCUT2D eigenvalue weighted by Crippen LogP contribution is 2.27. The maximum Gasteiger partial charge on any atom is 0.0551 e. The van der Waals surface area contributed by atoms with Crippen LogP contribution in [0.25, 0.3) is 11.1 Å². The third-order valence-corrected chi connectivity index (χ3v) is 3.14. The van der Waals surface area contributed by atoms with E-state index in [0.717, 1.165) is 12.2 Å². The zero-order valence-corrected chi connectivity index (χ0v) is 10.6. The van der Waals surface area contributed by atoms with Crippen LogP contribution in [-0.2, 0) is 6.54 Å². The van der Waals surface area contributed by atoms with Gasteiger partial charge < -0.3 is 10.3 Å². The van der Waals surface area contributed by atoms with E-state index in [0.29, 0.717) is 0 Å². The van der Waals surface area contributed by atoms with E-state index in [1.807, 2.05) is 18.3 Å². The number of benzene rings is 2. The lowest BCUT2D eigenvalue weighted by Crippen LogP contribution is -2.00. The first-order chi connectivity index (χ1) is 9.43. The van der Waals surface area contributed by atoms with Gasteiger partial charge in [0.1, 0.15) is 0 Å². The van der Waals surface area contributed by atoms with E-state index in [2.05, 4.69) is 64.9 Å². The van der Waals surface area contributed by atoms with Gasteiger partial charge in [0.2, 0.25) is 0 Å². The largest absolute Gasteiger partial charge is 0.379 e. The van der Waals surface area contributed by atoms with Crippen LogP contribution in [-0.4, -0.2) is 4.98 Å². The summed E-state index contributed by atoms with van der Waals surface area (Å²) in [6.45, 7) is 0.802. The molecule has 3 aromatic rings. The SMILES string of the molecule is c1ccc(-c2ccccc2NCc2ccc[nH]2)cc1. The van der Waals surface area contributed by atoms with E-state index in [4.69, 9.17) is 0 Å². The van der Waals surface area contributed by atoms with Crippen molar-refractivity contribution in [1.29, 1.82) is 0 Å². The summed E-state index contributed by atoms with van der Waals surface area (Å²) in [5.41, 5.74) is 4.80. The van der Waals surface area contributed by atoms with Gasteiger partial charge in [0.05, 0.1) is 6.54 Å². The van der Waals surface area contributed by atoms with Crippen molar-refractivity contribution >= 4 is 5.69 Å². The van der Waals surface area contributed by atoms with Crippen LogP contribution in [0.4, 0.5) is 5.69 Å². The molecule has 0 amide bonds. The molecule has 0 spiro atoms. The molecule has 94 valence electrons. The Morgan fingerprint density at radius 2 is 1.58 bits per heavy atom. The Hall–Kier alpha value is -2.48. The zero-order valence-electron chi connectivity index (χ0n) is 10.6. The predicted octanol–water partition coefficient (Wildman–Crippen LogP) is 4.29. The minimum Gasteiger partial charge on any atom is -0.379 e. The van der Waals surface area contributed by atoms with Crippen molar-refractivity contribution in [3.05, 3.63) is 78.6 Å². The molecule has 0 atom stereocenters. The fourth-order valence-corrected chi connectivity index (χ4v) is 2.17. The average molecular weight is 248 g/mol. The van der Waals surface area contributed by atoms with Crippen molar-refractivity contribution in [1.82, 2.24) is 4.98 Å². The molecule has 3 rings (SSSR count). The first kappa shape index (κ1) is 11.6. The number of nitrogens with one attached hydrogen (secondary N) is 2. The lowest BCUT2D eigenvalue weighted by atomic mass is 10.0. The normalized spacial score (nSPS) is 10.3. The van der Waals surface area contributed by atoms with Gasteiger partial charge in [0, 0.05) is 23.1 Å². The summed E-state index contributed by atoms with van der Waals surface area (Å²) in [6.07, 6.45) is 1.94. The molecule has 2 heteroatoms. The molecule has 0 aliphatic carbocycles. The number of H-pyrrole nitrogens is 1. The summed E-state index contributed by atoms with van der Waals surface area (Å²) in [5.74, 6) is 0. The van der Waals surface area contributed by atoms with Crippen LogP contribution in [0.1, 0.15) is 5.69 Å². The van der Waals surface area contributed by atoms with Gasteiger partial charge in [-0.2, -0.15) is 0 Å². The summed E-state index contributed by atoms with van der Waals surface area (Å²) < 4.78 is 0. The highest BCUT2D eigenvalue weighted by atomic mass is 14.9. The van der Waals surface area contributed by atoms with Crippen molar-refractivity contribution in [2.45, 2.75) is 6.54 Å². The molecule has 0 bridgehead atoms. The van der Waals surface area contributed by atoms with E-state index in [9.17, 15) is 0 Å². The second-order valence-corrected chi connectivity index (χ2v) is 4.46. The number of para-hydroxylation sites is 1. The van der Waals surface area contributed by atoms with Crippen LogP contribution in [0.3, 0.4) is 0 Å². The van der Waals surface area contributed by atoms with Gasteiger partial charge in [-0.25, -0.2) is 0 Å². The average Bonchev–Trinajstić information content (AvgIpc) is 3.00. The van der Waals surface area contributed by atoms with E-state index in [1.54, 1.807) is 0 Å². The number of hydrogen-bond acceptors (Lipinski definition) is 1. The number of anilines is 1. The quantitative estimate of drug-likeness (QED) is 0.708. The van der Waals surface area contributed by atoms with Crippen LogP contribution < -0.4 is 5.32 Å². The Kier molecular flexibility index (Phi) is 3.32. The summed E-state index contributed by atoms with van der Waals surface area (Å²) in [7, 11) is 0. The van der Waals surface area contributed by atoms with Crippen LogP contribution in [0, 0.1) is 0 Å². The topological polar surface area (TPSA) is 27.8 Å². The second kappa shape index (κ2) is 5.44. The Balaban J connectivity index is 1.85. The molecular weight excluding hydrogens is 232 g/mol. The number of hydrogen-bond donors (Lipinski definition) is 2. The molecule has 2 N–H and O–H groups in total. The molecular formula is C17H16N2. The monoisotopic (exact) mass is 248 g/mol. The summed E-state index contributed by atoms with van der Waals surface area (Å²) >= 11 is 0. The van der Waals surface area contributed by atoms with Gasteiger partial charge in [-0.3, -0.25) is 0 Å². The number of rotatable bonds is 4. The van der Waals surface area contributed by atoms with E-state index < -0.39 is 0 Å². The van der Waals surface area contributed by atoms with Crippen LogP contribution >= 0.6 is 0 Å². The standard InChI is InChI=1S/C17H16N2/c1-2-7-14(8-3-1)16-10-4-5-11-17(16)19-13-15-9-6-12-18-15/h1-12,18-19H,13H2. The molecule has 0 fully saturated rings. The van der Waals surface area contributed by atoms with Crippen molar-refractivity contribution in [2.75, 3.05) is 5.32 Å². The Morgan fingerprint density at radius 1 is 0.789 bits per heavy atom. The highest BCUT2D eigenvalue weighted by Gasteiger charge is 2.03. The van der Waals surface area contributed by atoms with E-state index in [1.165, 1.54) is 16.8 Å². The van der Waals surface area contributed by atoms with Gasteiger partial charge in [-0.05, 0) is 23.8 Å². The molecule has 1 heterocycles. The lowest BCUT2D eigenvalue weighted by molar-refractivity contribution is 1.07. The second-order valence-electron chi connectivity index (χ2n) is 4.46. The minimum atomic E-state index is 0.802. The van der Waals surface area contributed by atoms with E-state index >= 15 is 0 Å². The molecule has 0 saturated heterocycles. The van der Waals surface area contributed by atoms with Crippen LogP contribution in [0.2, 0.25) is 0 Å². The predicted molar refractivity (Wildman–Crippen MR) is 80.0 cm³/mol. The summed E-state index contributed by atoms with van der Waals surface area (Å²) in [5, 5.41) is 3.48. The minimum absolute atomic E-state index is 0.802. The summed E-state index contributed by atoms with van der Waals surface area (Å²) in [6, 6.07) is 22.9. The zero-order chi connectivity index (χ0) is 12.9. The van der Waals surface area contributed by atoms with Gasteiger partial charge in [-0.15, -0.1) is 0 Å². The summed E-state index contributed by atoms with van der Waals surface area (Å²) in [4.78, 5) is 3.20. The molecule has 2 aromatic carbocycles. The first-order valence-corrected chi connectivity index (χ1v) is 6.44. The van der Waals surface area contributed by atoms with Gasteiger partial charge in [0.15, 0.2) is 0 Å². The molecule has 0 unspecified atom stereocenters. The van der Waals surface area contributed by atoms with Gasteiger partial charge in [-0.1, -0.05) is 48.5 Å². The van der Waals surface area contributed by atoms with Crippen molar-refractivity contribution < 1.29 is 0 Å². The molecule has 0 aliphatic heterocycles. The van der Waals surface area contributed by atoms with Crippen molar-refractivity contribution in [3.63, 3.8) is 0 Å². The molecule has 0 aliphatic rings.